The molecule has 3 aromatic rings. The van der Waals surface area contributed by atoms with Crippen LogP contribution in [0.25, 0.3) is 0 Å². The van der Waals surface area contributed by atoms with Crippen LogP contribution in [0.15, 0.2) is 84.9 Å². The number of aliphatic hydroxyl groups is 2. The SMILES string of the molecule is COC(=O)[C@@]1(O[C@H]2[C@@H](O)[C@@H](COCc3ccccc3)O[C@@H](Oc3ccc(OC)cc3)[C@@H]2OCc2ccccc2)C[C@H](O)[C@@H](NC(C)=O)[C@H]([C@H](OC(C)=O)[C@@H](COC(C)=O)OC(C)=O)O1. The zero-order chi connectivity index (χ0) is 46.4. The van der Waals surface area contributed by atoms with Crippen LogP contribution in [0, 0.1) is 0 Å². The molecule has 0 spiro atoms. The standard InChI is InChI=1S/C45H55NO18/c1-26(47)46-37-34(51)21-45(44(53)55-6,63-40(37)39(60-29(4)50)36(59-28(3)49)25-57-27(2)48)64-41-38(52)35(24-56-22-30-13-9-7-10-14-30)62-43(61-33-19-17-32(54-5)18-20-33)42(41)58-23-31-15-11-8-12-16-31/h7-20,34-43,51-52H,21-25H2,1-6H3,(H,46,47)/t34-,35+,36+,37+,38-,39+,40+,41-,42+,43+,45-/m0/s1. The van der Waals surface area contributed by atoms with Gasteiger partial charge in [-0.2, -0.15) is 0 Å². The van der Waals surface area contributed by atoms with E-state index in [4.69, 9.17) is 52.1 Å². The molecule has 0 aromatic heterocycles. The van der Waals surface area contributed by atoms with Crippen molar-refractivity contribution in [2.45, 2.75) is 114 Å². The van der Waals surface area contributed by atoms with Gasteiger partial charge in [-0.05, 0) is 35.4 Å². The first-order valence-electron chi connectivity index (χ1n) is 20.4. The fourth-order valence-corrected chi connectivity index (χ4v) is 7.29. The fraction of sp³-hybridized carbons (Fsp3) is 0.489. The van der Waals surface area contributed by atoms with E-state index in [1.165, 1.54) is 7.11 Å². The maximum Gasteiger partial charge on any atom is 0.366 e. The van der Waals surface area contributed by atoms with Crippen molar-refractivity contribution in [3.05, 3.63) is 96.1 Å². The highest BCUT2D eigenvalue weighted by molar-refractivity contribution is 5.78. The third kappa shape index (κ3) is 13.4. The van der Waals surface area contributed by atoms with E-state index in [1.807, 2.05) is 36.4 Å². The van der Waals surface area contributed by atoms with Gasteiger partial charge in [0.15, 0.2) is 12.2 Å². The summed E-state index contributed by atoms with van der Waals surface area (Å²) in [5, 5.41) is 26.8. The van der Waals surface area contributed by atoms with Gasteiger partial charge in [0, 0.05) is 34.1 Å². The number of carbonyl (C=O) groups excluding carboxylic acids is 5. The van der Waals surface area contributed by atoms with Gasteiger partial charge >= 0.3 is 23.9 Å². The van der Waals surface area contributed by atoms with Crippen molar-refractivity contribution in [3.63, 3.8) is 0 Å². The van der Waals surface area contributed by atoms with Crippen LogP contribution in [-0.2, 0) is 79.8 Å². The average Bonchev–Trinajstić information content (AvgIpc) is 3.26. The number of hydrogen-bond donors (Lipinski definition) is 3. The zero-order valence-corrected chi connectivity index (χ0v) is 36.3. The van der Waals surface area contributed by atoms with Crippen LogP contribution in [0.4, 0.5) is 0 Å². The molecule has 2 aliphatic heterocycles. The molecule has 19 heteroatoms. The number of ether oxygens (including phenoxy) is 11. The van der Waals surface area contributed by atoms with Crippen molar-refractivity contribution in [1.82, 2.24) is 5.32 Å². The van der Waals surface area contributed by atoms with Crippen LogP contribution in [-0.4, -0.2) is 134 Å². The Morgan fingerprint density at radius 1 is 0.781 bits per heavy atom. The van der Waals surface area contributed by atoms with Crippen LogP contribution in [0.1, 0.15) is 45.2 Å². The first-order chi connectivity index (χ1) is 30.6. The minimum absolute atomic E-state index is 0.0875. The lowest BCUT2D eigenvalue weighted by Gasteiger charge is -2.51. The van der Waals surface area contributed by atoms with Crippen LogP contribution in [0.3, 0.4) is 0 Å². The molecule has 2 aliphatic rings. The van der Waals surface area contributed by atoms with Crippen LogP contribution < -0.4 is 14.8 Å². The summed E-state index contributed by atoms with van der Waals surface area (Å²) >= 11 is 0. The molecular weight excluding hydrogens is 842 g/mol. The molecule has 1 amide bonds. The average molecular weight is 898 g/mol. The van der Waals surface area contributed by atoms with Gasteiger partial charge in [0.1, 0.15) is 48.6 Å². The van der Waals surface area contributed by atoms with Crippen molar-refractivity contribution < 1.29 is 86.3 Å². The Labute approximate surface area is 370 Å². The van der Waals surface area contributed by atoms with E-state index >= 15 is 0 Å². The van der Waals surface area contributed by atoms with Gasteiger partial charge in [0.05, 0.1) is 46.2 Å². The first kappa shape index (κ1) is 49.3. The monoisotopic (exact) mass is 897 g/mol. The normalized spacial score (nSPS) is 26.3. The molecular formula is C45H55NO18. The largest absolute Gasteiger partial charge is 0.497 e. The number of nitrogens with one attached hydrogen (secondary N) is 1. The van der Waals surface area contributed by atoms with E-state index in [9.17, 15) is 34.2 Å². The van der Waals surface area contributed by atoms with Crippen LogP contribution >= 0.6 is 0 Å². The summed E-state index contributed by atoms with van der Waals surface area (Å²) in [5.41, 5.74) is 1.53. The Hall–Kier alpha value is -5.67. The third-order valence-electron chi connectivity index (χ3n) is 10.1. The zero-order valence-electron chi connectivity index (χ0n) is 36.3. The lowest BCUT2D eigenvalue weighted by atomic mass is 9.87. The second-order valence-electron chi connectivity index (χ2n) is 15.0. The lowest BCUT2D eigenvalue weighted by molar-refractivity contribution is -0.369. The predicted octanol–water partition coefficient (Wildman–Crippen LogP) is 2.30. The Morgan fingerprint density at radius 3 is 1.95 bits per heavy atom. The van der Waals surface area contributed by atoms with Gasteiger partial charge in [-0.3, -0.25) is 19.2 Å². The molecule has 2 saturated heterocycles. The number of benzene rings is 3. The minimum atomic E-state index is -2.72. The van der Waals surface area contributed by atoms with Crippen molar-refractivity contribution in [3.8, 4) is 11.5 Å². The number of amides is 1. The summed E-state index contributed by atoms with van der Waals surface area (Å²) in [6, 6.07) is 23.3. The number of rotatable bonds is 20. The summed E-state index contributed by atoms with van der Waals surface area (Å²) in [6.45, 7) is 3.41. The van der Waals surface area contributed by atoms with Crippen molar-refractivity contribution in [1.29, 1.82) is 0 Å². The van der Waals surface area contributed by atoms with Gasteiger partial charge in [-0.1, -0.05) is 60.7 Å². The Morgan fingerprint density at radius 2 is 1.39 bits per heavy atom. The smallest absolute Gasteiger partial charge is 0.366 e. The Balaban J connectivity index is 1.62. The Kier molecular flexibility index (Phi) is 18.0. The molecule has 0 saturated carbocycles. The fourth-order valence-electron chi connectivity index (χ4n) is 7.29. The molecule has 0 aliphatic carbocycles. The molecule has 0 bridgehead atoms. The van der Waals surface area contributed by atoms with Crippen LogP contribution in [0.5, 0.6) is 11.5 Å². The maximum atomic E-state index is 14.3. The van der Waals surface area contributed by atoms with Crippen LogP contribution in [0.2, 0.25) is 0 Å². The number of esters is 4. The van der Waals surface area contributed by atoms with Crippen molar-refractivity contribution >= 4 is 29.8 Å². The van der Waals surface area contributed by atoms with E-state index in [0.717, 1.165) is 40.4 Å². The van der Waals surface area contributed by atoms with E-state index in [-0.39, 0.29) is 25.6 Å². The second-order valence-corrected chi connectivity index (χ2v) is 15.0. The molecule has 2 fully saturated rings. The highest BCUT2D eigenvalue weighted by atomic mass is 16.8. The highest BCUT2D eigenvalue weighted by Gasteiger charge is 2.61. The molecule has 64 heavy (non-hydrogen) atoms. The molecule has 348 valence electrons. The van der Waals surface area contributed by atoms with Gasteiger partial charge in [-0.15, -0.1) is 0 Å². The molecule has 3 aromatic carbocycles. The van der Waals surface area contributed by atoms with Gasteiger partial charge in [-0.25, -0.2) is 4.79 Å². The van der Waals surface area contributed by atoms with Gasteiger partial charge < -0.3 is 67.6 Å². The molecule has 19 nitrogen and oxygen atoms in total. The lowest BCUT2D eigenvalue weighted by Crippen LogP contribution is -2.71. The first-order valence-corrected chi connectivity index (χ1v) is 20.4. The quantitative estimate of drug-likeness (QED) is 0.109. The molecule has 0 unspecified atom stereocenters. The summed E-state index contributed by atoms with van der Waals surface area (Å²) < 4.78 is 65.2. The molecule has 3 N–H and O–H groups in total. The predicted molar refractivity (Wildman–Crippen MR) is 220 cm³/mol. The third-order valence-corrected chi connectivity index (χ3v) is 10.1. The minimum Gasteiger partial charge on any atom is -0.497 e. The van der Waals surface area contributed by atoms with E-state index in [1.54, 1.807) is 48.5 Å². The van der Waals surface area contributed by atoms with Gasteiger partial charge in [0.2, 0.25) is 12.2 Å². The van der Waals surface area contributed by atoms with Gasteiger partial charge in [0.25, 0.3) is 5.79 Å². The van der Waals surface area contributed by atoms with E-state index < -0.39 is 110 Å². The highest BCUT2D eigenvalue weighted by Crippen LogP contribution is 2.40. The maximum absolute atomic E-state index is 14.3. The molecule has 0 radical (unpaired) electrons. The number of methoxy groups -OCH3 is 2. The topological polar surface area (TPSA) is 239 Å². The number of aliphatic hydroxyl groups excluding tert-OH is 2. The second kappa shape index (κ2) is 23.3. The van der Waals surface area contributed by atoms with Crippen molar-refractivity contribution in [2.24, 2.45) is 0 Å². The van der Waals surface area contributed by atoms with E-state index in [2.05, 4.69) is 5.32 Å². The molecule has 11 atom stereocenters. The summed E-state index contributed by atoms with van der Waals surface area (Å²) in [5.74, 6) is -6.46. The number of hydrogen-bond acceptors (Lipinski definition) is 18. The molecule has 5 rings (SSSR count). The molecule has 2 heterocycles. The summed E-state index contributed by atoms with van der Waals surface area (Å²) in [4.78, 5) is 64.0. The summed E-state index contributed by atoms with van der Waals surface area (Å²) in [7, 11) is 2.52. The number of carbonyl (C=O) groups is 5. The Bertz CT molecular complexity index is 1990. The van der Waals surface area contributed by atoms with E-state index in [0.29, 0.717) is 11.3 Å². The summed E-state index contributed by atoms with van der Waals surface area (Å²) in [6.07, 6.45) is -15.1. The van der Waals surface area contributed by atoms with Crippen molar-refractivity contribution in [2.75, 3.05) is 27.4 Å².